The predicted octanol–water partition coefficient (Wildman–Crippen LogP) is -0.752. The Morgan fingerprint density at radius 1 is 1.50 bits per heavy atom. The maximum Gasteiger partial charge on any atom is 0.179 e. The minimum Gasteiger partial charge on any atom is -0.392 e. The van der Waals surface area contributed by atoms with Crippen LogP contribution in [0.5, 0.6) is 0 Å². The van der Waals surface area contributed by atoms with E-state index in [0.717, 1.165) is 0 Å². The van der Waals surface area contributed by atoms with Crippen LogP contribution in [0.2, 0.25) is 0 Å². The average molecular weight is 307 g/mol. The first-order valence-corrected chi connectivity index (χ1v) is 6.51. The lowest BCUT2D eigenvalue weighted by molar-refractivity contribution is -0.0899. The van der Waals surface area contributed by atoms with Gasteiger partial charge in [-0.05, 0) is 0 Å². The van der Waals surface area contributed by atoms with Gasteiger partial charge >= 0.3 is 0 Å². The number of aromatic nitrogens is 4. The van der Waals surface area contributed by atoms with Crippen molar-refractivity contribution in [3.05, 3.63) is 12.7 Å². The maximum atomic E-state index is 13.4. The van der Waals surface area contributed by atoms with Crippen LogP contribution in [-0.4, -0.2) is 54.7 Å². The molecule has 0 unspecified atom stereocenters. The molecule has 4 N–H and O–H groups in total. The lowest BCUT2D eigenvalue weighted by atomic mass is 9.91. The summed E-state index contributed by atoms with van der Waals surface area (Å²) in [5.74, 6) is 1.41. The molecule has 0 bridgehead atoms. The van der Waals surface area contributed by atoms with E-state index in [-0.39, 0.29) is 5.82 Å². The molecule has 1 saturated heterocycles. The zero-order chi connectivity index (χ0) is 15.9. The molecule has 9 heteroatoms. The minimum atomic E-state index is -1.67. The summed E-state index contributed by atoms with van der Waals surface area (Å²) in [6, 6.07) is 0. The third-order valence-electron chi connectivity index (χ3n) is 3.90. The molecule has 0 aromatic carbocycles. The number of anilines is 1. The first-order chi connectivity index (χ1) is 10.6. The SMILES string of the molecule is C#C[C@]1(CO)O[C@@H](n2cnc3c(N)ncnc32)[C@@H](CF)[C@@H]1O. The molecule has 4 atom stereocenters. The van der Waals surface area contributed by atoms with Crippen molar-refractivity contribution in [2.45, 2.75) is 17.9 Å². The summed E-state index contributed by atoms with van der Waals surface area (Å²) < 4.78 is 20.4. The molecule has 1 aliphatic heterocycles. The molecule has 1 aliphatic rings. The number of nitrogen functional groups attached to an aromatic ring is 1. The largest absolute Gasteiger partial charge is 0.392 e. The van der Waals surface area contributed by atoms with Gasteiger partial charge in [0.05, 0.1) is 25.5 Å². The quantitative estimate of drug-likeness (QED) is 0.638. The normalized spacial score (nSPS) is 31.5. The maximum absolute atomic E-state index is 13.4. The number of terminal acetylenes is 1. The average Bonchev–Trinajstić information content (AvgIpc) is 3.07. The van der Waals surface area contributed by atoms with Crippen LogP contribution in [0.4, 0.5) is 10.2 Å². The summed E-state index contributed by atoms with van der Waals surface area (Å²) in [7, 11) is 0. The highest BCUT2D eigenvalue weighted by atomic mass is 19.1. The van der Waals surface area contributed by atoms with Crippen molar-refractivity contribution in [3.63, 3.8) is 0 Å². The third kappa shape index (κ3) is 1.85. The summed E-state index contributed by atoms with van der Waals surface area (Å²) in [5.41, 5.74) is 4.70. The Labute approximate surface area is 124 Å². The number of rotatable bonds is 3. The van der Waals surface area contributed by atoms with Gasteiger partial charge < -0.3 is 20.7 Å². The van der Waals surface area contributed by atoms with E-state index in [0.29, 0.717) is 11.2 Å². The van der Waals surface area contributed by atoms with E-state index in [2.05, 4.69) is 20.9 Å². The van der Waals surface area contributed by atoms with Crippen LogP contribution < -0.4 is 5.73 Å². The van der Waals surface area contributed by atoms with Gasteiger partial charge in [0, 0.05) is 0 Å². The molecule has 0 saturated carbocycles. The van der Waals surface area contributed by atoms with Crippen LogP contribution in [0, 0.1) is 18.3 Å². The standard InChI is InChI=1S/C13H14FN5O3/c1-2-13(4-20)9(21)7(3-14)12(22-13)19-6-18-8-10(15)16-5-17-11(8)19/h1,5-7,9,12,20-21H,3-4H2,(H2,15,16,17)/t7-,9-,12+,13+/m0/s1. The Morgan fingerprint density at radius 2 is 2.27 bits per heavy atom. The lowest BCUT2D eigenvalue weighted by Gasteiger charge is -2.23. The van der Waals surface area contributed by atoms with Crippen molar-refractivity contribution in [2.75, 3.05) is 19.0 Å². The van der Waals surface area contributed by atoms with E-state index in [4.69, 9.17) is 16.9 Å². The predicted molar refractivity (Wildman–Crippen MR) is 74.0 cm³/mol. The second-order valence-electron chi connectivity index (χ2n) is 5.05. The van der Waals surface area contributed by atoms with Crippen LogP contribution in [0.3, 0.4) is 0 Å². The molecule has 2 aromatic rings. The van der Waals surface area contributed by atoms with Crippen molar-refractivity contribution in [1.82, 2.24) is 19.5 Å². The van der Waals surface area contributed by atoms with Gasteiger partial charge in [-0.15, -0.1) is 6.42 Å². The smallest absolute Gasteiger partial charge is 0.179 e. The fourth-order valence-electron chi connectivity index (χ4n) is 2.65. The number of hydrogen-bond donors (Lipinski definition) is 3. The van der Waals surface area contributed by atoms with Gasteiger partial charge in [-0.2, -0.15) is 0 Å². The number of hydrogen-bond acceptors (Lipinski definition) is 7. The third-order valence-corrected chi connectivity index (χ3v) is 3.90. The van der Waals surface area contributed by atoms with Crippen molar-refractivity contribution >= 4 is 17.0 Å². The van der Waals surface area contributed by atoms with Gasteiger partial charge in [0.1, 0.15) is 24.2 Å². The highest BCUT2D eigenvalue weighted by Crippen LogP contribution is 2.42. The molecule has 1 fully saturated rings. The fourth-order valence-corrected chi connectivity index (χ4v) is 2.65. The van der Waals surface area contributed by atoms with Crippen LogP contribution >= 0.6 is 0 Å². The monoisotopic (exact) mass is 307 g/mol. The highest BCUT2D eigenvalue weighted by molar-refractivity contribution is 5.81. The van der Waals surface area contributed by atoms with Crippen molar-refractivity contribution < 1.29 is 19.3 Å². The number of imidazole rings is 1. The molecule has 8 nitrogen and oxygen atoms in total. The highest BCUT2D eigenvalue weighted by Gasteiger charge is 2.54. The molecule has 3 rings (SSSR count). The number of ether oxygens (including phenoxy) is 1. The number of aliphatic hydroxyl groups excluding tert-OH is 2. The van der Waals surface area contributed by atoms with Crippen molar-refractivity contribution in [1.29, 1.82) is 0 Å². The van der Waals surface area contributed by atoms with Crippen molar-refractivity contribution in [2.24, 2.45) is 5.92 Å². The number of nitrogens with zero attached hydrogens (tertiary/aromatic N) is 4. The van der Waals surface area contributed by atoms with Crippen molar-refractivity contribution in [3.8, 4) is 12.3 Å². The Hall–Kier alpha value is -2.28. The van der Waals surface area contributed by atoms with Gasteiger partial charge in [0.2, 0.25) is 0 Å². The summed E-state index contributed by atoms with van der Waals surface area (Å²) in [5, 5.41) is 19.7. The van der Waals surface area contributed by atoms with Gasteiger partial charge in [-0.3, -0.25) is 8.96 Å². The van der Waals surface area contributed by atoms with Gasteiger partial charge in [0.15, 0.2) is 17.1 Å². The molecule has 2 aromatic heterocycles. The summed E-state index contributed by atoms with van der Waals surface area (Å²) in [6.07, 6.45) is 5.62. The second-order valence-corrected chi connectivity index (χ2v) is 5.05. The molecule has 0 radical (unpaired) electrons. The Kier molecular flexibility index (Phi) is 3.44. The molecule has 22 heavy (non-hydrogen) atoms. The zero-order valence-corrected chi connectivity index (χ0v) is 11.4. The number of nitrogens with two attached hydrogens (primary N) is 1. The van der Waals surface area contributed by atoms with Crippen LogP contribution in [-0.2, 0) is 4.74 Å². The van der Waals surface area contributed by atoms with E-state index in [1.807, 2.05) is 0 Å². The Bertz CT molecular complexity index is 745. The number of alkyl halides is 1. The summed E-state index contributed by atoms with van der Waals surface area (Å²) >= 11 is 0. The van der Waals surface area contributed by atoms with E-state index >= 15 is 0 Å². The molecular formula is C13H14FN5O3. The molecule has 0 aliphatic carbocycles. The molecular weight excluding hydrogens is 293 g/mol. The zero-order valence-electron chi connectivity index (χ0n) is 11.4. The number of fused-ring (bicyclic) bond motifs is 1. The second kappa shape index (κ2) is 5.17. The summed E-state index contributed by atoms with van der Waals surface area (Å²) in [6.45, 7) is -1.53. The first-order valence-electron chi connectivity index (χ1n) is 6.51. The summed E-state index contributed by atoms with van der Waals surface area (Å²) in [4.78, 5) is 11.9. The van der Waals surface area contributed by atoms with E-state index in [1.54, 1.807) is 0 Å². The topological polar surface area (TPSA) is 119 Å². The van der Waals surface area contributed by atoms with Gasteiger partial charge in [-0.25, -0.2) is 15.0 Å². The van der Waals surface area contributed by atoms with Crippen LogP contribution in [0.25, 0.3) is 11.2 Å². The Morgan fingerprint density at radius 3 is 2.91 bits per heavy atom. The van der Waals surface area contributed by atoms with Crippen LogP contribution in [0.1, 0.15) is 6.23 Å². The van der Waals surface area contributed by atoms with E-state index in [9.17, 15) is 14.6 Å². The minimum absolute atomic E-state index is 0.171. The lowest BCUT2D eigenvalue weighted by Crippen LogP contribution is -2.43. The van der Waals surface area contributed by atoms with Gasteiger partial charge in [-0.1, -0.05) is 5.92 Å². The van der Waals surface area contributed by atoms with Crippen LogP contribution in [0.15, 0.2) is 12.7 Å². The number of halogens is 1. The fraction of sp³-hybridized carbons (Fsp3) is 0.462. The molecule has 3 heterocycles. The molecule has 116 valence electrons. The van der Waals surface area contributed by atoms with Gasteiger partial charge in [0.25, 0.3) is 0 Å². The molecule has 0 amide bonds. The van der Waals surface area contributed by atoms with E-state index in [1.165, 1.54) is 17.2 Å². The Balaban J connectivity index is 2.10. The number of aliphatic hydroxyl groups is 2. The first kappa shape index (κ1) is 14.6. The van der Waals surface area contributed by atoms with E-state index < -0.39 is 37.1 Å². The molecule has 0 spiro atoms.